The zero-order chi connectivity index (χ0) is 12.1. The maximum atomic E-state index is 12.9. The normalized spacial score (nSPS) is 10.2. The first kappa shape index (κ1) is 11.3. The van der Waals surface area contributed by atoms with Crippen molar-refractivity contribution in [2.45, 2.75) is 6.42 Å². The van der Waals surface area contributed by atoms with Crippen molar-refractivity contribution in [1.82, 2.24) is 9.97 Å². The van der Waals surface area contributed by atoms with Crippen LogP contribution in [0.1, 0.15) is 5.82 Å². The van der Waals surface area contributed by atoms with E-state index in [1.54, 1.807) is 18.5 Å². The van der Waals surface area contributed by atoms with Crippen LogP contribution in [0.2, 0.25) is 0 Å². The Bertz CT molecular complexity index is 484. The summed E-state index contributed by atoms with van der Waals surface area (Å²) in [5.74, 6) is 0.460. The molecule has 0 aliphatic carbocycles. The molecule has 0 unspecified atom stereocenters. The van der Waals surface area contributed by atoms with Crippen LogP contribution in [0.5, 0.6) is 0 Å². The summed E-state index contributed by atoms with van der Waals surface area (Å²) in [7, 11) is 0. The SMILES string of the molecule is Nc1cnc(CCNc2cccc(F)c2)nc1. The van der Waals surface area contributed by atoms with E-state index in [2.05, 4.69) is 15.3 Å². The summed E-state index contributed by atoms with van der Waals surface area (Å²) < 4.78 is 12.9. The van der Waals surface area contributed by atoms with Crippen molar-refractivity contribution in [3.05, 3.63) is 48.3 Å². The Labute approximate surface area is 98.7 Å². The van der Waals surface area contributed by atoms with Gasteiger partial charge in [0.2, 0.25) is 0 Å². The van der Waals surface area contributed by atoms with Gasteiger partial charge in [0.25, 0.3) is 0 Å². The van der Waals surface area contributed by atoms with E-state index in [1.165, 1.54) is 12.1 Å². The van der Waals surface area contributed by atoms with Gasteiger partial charge in [-0.05, 0) is 18.2 Å². The van der Waals surface area contributed by atoms with Gasteiger partial charge in [0, 0.05) is 18.7 Å². The highest BCUT2D eigenvalue weighted by molar-refractivity contribution is 5.43. The first-order valence-corrected chi connectivity index (χ1v) is 5.30. The smallest absolute Gasteiger partial charge is 0.130 e. The van der Waals surface area contributed by atoms with Gasteiger partial charge < -0.3 is 11.1 Å². The summed E-state index contributed by atoms with van der Waals surface area (Å²) in [5, 5.41) is 3.10. The quantitative estimate of drug-likeness (QED) is 0.844. The molecule has 0 aliphatic rings. The molecule has 0 amide bonds. The number of aromatic nitrogens is 2. The van der Waals surface area contributed by atoms with Crippen LogP contribution < -0.4 is 11.1 Å². The molecule has 0 saturated carbocycles. The minimum Gasteiger partial charge on any atom is -0.396 e. The van der Waals surface area contributed by atoms with E-state index in [1.807, 2.05) is 6.07 Å². The predicted octanol–water partition coefficient (Wildman–Crippen LogP) is 1.85. The first-order valence-electron chi connectivity index (χ1n) is 5.30. The average Bonchev–Trinajstić information content (AvgIpc) is 2.32. The molecule has 4 nitrogen and oxygen atoms in total. The summed E-state index contributed by atoms with van der Waals surface area (Å²) in [6.45, 7) is 0.646. The van der Waals surface area contributed by atoms with Crippen molar-refractivity contribution in [2.75, 3.05) is 17.6 Å². The number of hydrogen-bond donors (Lipinski definition) is 2. The van der Waals surface area contributed by atoms with Crippen molar-refractivity contribution < 1.29 is 4.39 Å². The first-order chi connectivity index (χ1) is 8.24. The molecule has 1 aromatic carbocycles. The number of nitrogen functional groups attached to an aromatic ring is 1. The standard InChI is InChI=1S/C12H13FN4/c13-9-2-1-3-11(6-9)15-5-4-12-16-7-10(14)8-17-12/h1-3,6-8,15H,4-5,14H2. The summed E-state index contributed by atoms with van der Waals surface area (Å²) in [5.41, 5.74) is 6.78. The minimum atomic E-state index is -0.251. The Morgan fingerprint density at radius 2 is 2.00 bits per heavy atom. The van der Waals surface area contributed by atoms with E-state index < -0.39 is 0 Å². The summed E-state index contributed by atoms with van der Waals surface area (Å²) in [4.78, 5) is 8.15. The van der Waals surface area contributed by atoms with Crippen LogP contribution in [-0.4, -0.2) is 16.5 Å². The third-order valence-electron chi connectivity index (χ3n) is 2.23. The van der Waals surface area contributed by atoms with Crippen LogP contribution in [0.25, 0.3) is 0 Å². The topological polar surface area (TPSA) is 63.8 Å². The molecule has 1 aromatic heterocycles. The van der Waals surface area contributed by atoms with Gasteiger partial charge in [-0.1, -0.05) is 6.07 Å². The number of benzene rings is 1. The van der Waals surface area contributed by atoms with E-state index in [0.717, 1.165) is 5.69 Å². The second-order valence-electron chi connectivity index (χ2n) is 3.62. The van der Waals surface area contributed by atoms with Crippen LogP contribution in [0, 0.1) is 5.82 Å². The maximum Gasteiger partial charge on any atom is 0.130 e. The fourth-order valence-electron chi connectivity index (χ4n) is 1.41. The lowest BCUT2D eigenvalue weighted by molar-refractivity contribution is 0.628. The molecule has 0 aliphatic heterocycles. The molecular weight excluding hydrogens is 219 g/mol. The molecule has 3 N–H and O–H groups in total. The third kappa shape index (κ3) is 3.41. The molecule has 5 heteroatoms. The minimum absolute atomic E-state index is 0.251. The van der Waals surface area contributed by atoms with E-state index in [4.69, 9.17) is 5.73 Å². The second-order valence-corrected chi connectivity index (χ2v) is 3.62. The van der Waals surface area contributed by atoms with Crippen molar-refractivity contribution in [3.63, 3.8) is 0 Å². The Hall–Kier alpha value is -2.17. The van der Waals surface area contributed by atoms with Gasteiger partial charge in [-0.25, -0.2) is 14.4 Å². The van der Waals surface area contributed by atoms with Crippen LogP contribution in [0.4, 0.5) is 15.8 Å². The Kier molecular flexibility index (Phi) is 3.49. The van der Waals surface area contributed by atoms with Crippen LogP contribution >= 0.6 is 0 Å². The van der Waals surface area contributed by atoms with E-state index in [9.17, 15) is 4.39 Å². The van der Waals surface area contributed by atoms with Crippen molar-refractivity contribution >= 4 is 11.4 Å². The highest BCUT2D eigenvalue weighted by Crippen LogP contribution is 2.08. The molecule has 2 aromatic rings. The molecule has 2 rings (SSSR count). The predicted molar refractivity (Wildman–Crippen MR) is 65.0 cm³/mol. The van der Waals surface area contributed by atoms with Gasteiger partial charge in [-0.15, -0.1) is 0 Å². The number of nitrogens with zero attached hydrogens (tertiary/aromatic N) is 2. The molecular formula is C12H13FN4. The number of hydrogen-bond acceptors (Lipinski definition) is 4. The van der Waals surface area contributed by atoms with Crippen LogP contribution in [-0.2, 0) is 6.42 Å². The van der Waals surface area contributed by atoms with Gasteiger partial charge in [0.1, 0.15) is 11.6 Å². The number of anilines is 2. The molecule has 0 spiro atoms. The lowest BCUT2D eigenvalue weighted by atomic mass is 10.3. The van der Waals surface area contributed by atoms with Gasteiger partial charge >= 0.3 is 0 Å². The third-order valence-corrected chi connectivity index (χ3v) is 2.23. The summed E-state index contributed by atoms with van der Waals surface area (Å²) >= 11 is 0. The fraction of sp³-hybridized carbons (Fsp3) is 0.167. The Balaban J connectivity index is 1.85. The number of nitrogens with two attached hydrogens (primary N) is 1. The Morgan fingerprint density at radius 1 is 1.24 bits per heavy atom. The van der Waals surface area contributed by atoms with E-state index in [0.29, 0.717) is 24.5 Å². The van der Waals surface area contributed by atoms with Gasteiger partial charge in [0.15, 0.2) is 0 Å². The highest BCUT2D eigenvalue weighted by Gasteiger charge is 1.97. The average molecular weight is 232 g/mol. The van der Waals surface area contributed by atoms with Crippen molar-refractivity contribution in [1.29, 1.82) is 0 Å². The van der Waals surface area contributed by atoms with Crippen molar-refractivity contribution in [2.24, 2.45) is 0 Å². The largest absolute Gasteiger partial charge is 0.396 e. The lowest BCUT2D eigenvalue weighted by Crippen LogP contribution is -2.07. The molecule has 88 valence electrons. The van der Waals surface area contributed by atoms with Gasteiger partial charge in [0.05, 0.1) is 18.1 Å². The van der Waals surface area contributed by atoms with E-state index in [-0.39, 0.29) is 5.82 Å². The number of rotatable bonds is 4. The fourth-order valence-corrected chi connectivity index (χ4v) is 1.41. The summed E-state index contributed by atoms with van der Waals surface area (Å²) in [6.07, 6.45) is 3.81. The molecule has 0 saturated heterocycles. The number of nitrogens with one attached hydrogen (secondary N) is 1. The van der Waals surface area contributed by atoms with Crippen LogP contribution in [0.3, 0.4) is 0 Å². The maximum absolute atomic E-state index is 12.9. The van der Waals surface area contributed by atoms with Crippen LogP contribution in [0.15, 0.2) is 36.7 Å². The second kappa shape index (κ2) is 5.25. The van der Waals surface area contributed by atoms with E-state index >= 15 is 0 Å². The molecule has 1 heterocycles. The molecule has 0 atom stereocenters. The Morgan fingerprint density at radius 3 is 2.71 bits per heavy atom. The van der Waals surface area contributed by atoms with Crippen molar-refractivity contribution in [3.8, 4) is 0 Å². The zero-order valence-electron chi connectivity index (χ0n) is 9.23. The van der Waals surface area contributed by atoms with Gasteiger partial charge in [-0.2, -0.15) is 0 Å². The molecule has 0 bridgehead atoms. The summed E-state index contributed by atoms with van der Waals surface area (Å²) in [6, 6.07) is 6.34. The zero-order valence-corrected chi connectivity index (χ0v) is 9.23. The molecule has 0 fully saturated rings. The van der Waals surface area contributed by atoms with Gasteiger partial charge in [-0.3, -0.25) is 0 Å². The lowest BCUT2D eigenvalue weighted by Gasteiger charge is -2.05. The molecule has 0 radical (unpaired) electrons. The monoisotopic (exact) mass is 232 g/mol. The highest BCUT2D eigenvalue weighted by atomic mass is 19.1. The molecule has 17 heavy (non-hydrogen) atoms. The number of halogens is 1.